The van der Waals surface area contributed by atoms with Crippen LogP contribution in [0.25, 0.3) is 0 Å². The van der Waals surface area contributed by atoms with Gasteiger partial charge in [-0.05, 0) is 55.3 Å². The number of hydrogen-bond donors (Lipinski definition) is 0. The Labute approximate surface area is 113 Å². The summed E-state index contributed by atoms with van der Waals surface area (Å²) in [7, 11) is 0. The van der Waals surface area contributed by atoms with Crippen LogP contribution < -0.4 is 0 Å². The minimum Gasteiger partial charge on any atom is -0.103 e. The molecule has 0 aromatic rings. The van der Waals surface area contributed by atoms with Crippen LogP contribution in [0.4, 0.5) is 0 Å². The number of allylic oxidation sites excluding steroid dienone is 3. The molecule has 18 heavy (non-hydrogen) atoms. The average Bonchev–Trinajstić information content (AvgIpc) is 3.27. The van der Waals surface area contributed by atoms with E-state index in [9.17, 15) is 0 Å². The van der Waals surface area contributed by atoms with Crippen molar-refractivity contribution in [3.63, 3.8) is 0 Å². The lowest BCUT2D eigenvalue weighted by Crippen LogP contribution is -1.95. The Bertz CT molecular complexity index is 332. The zero-order valence-electron chi connectivity index (χ0n) is 11.9. The molecule has 0 heterocycles. The molecule has 3 fully saturated rings. The monoisotopic (exact) mass is 244 g/mol. The largest absolute Gasteiger partial charge is 0.103 e. The molecule has 3 saturated carbocycles. The molecule has 0 heteroatoms. The molecule has 0 nitrogen and oxygen atoms in total. The maximum atomic E-state index is 3.95. The minimum atomic E-state index is 0.868. The summed E-state index contributed by atoms with van der Waals surface area (Å²) in [5.74, 6) is 4.89. The Hall–Kier alpha value is -0.520. The van der Waals surface area contributed by atoms with Gasteiger partial charge < -0.3 is 0 Å². The van der Waals surface area contributed by atoms with E-state index < -0.39 is 0 Å². The first-order valence-corrected chi connectivity index (χ1v) is 8.15. The average molecular weight is 244 g/mol. The maximum absolute atomic E-state index is 3.95. The van der Waals surface area contributed by atoms with Gasteiger partial charge in [-0.15, -0.1) is 6.58 Å². The van der Waals surface area contributed by atoms with Crippen molar-refractivity contribution < 1.29 is 0 Å². The third-order valence-corrected chi connectivity index (χ3v) is 5.66. The van der Waals surface area contributed by atoms with E-state index in [1.54, 1.807) is 5.57 Å². The molecule has 0 N–H and O–H groups in total. The van der Waals surface area contributed by atoms with Crippen LogP contribution in [0.1, 0.15) is 58.3 Å². The zero-order valence-corrected chi connectivity index (χ0v) is 11.9. The van der Waals surface area contributed by atoms with Crippen molar-refractivity contribution in [2.75, 3.05) is 0 Å². The van der Waals surface area contributed by atoms with Crippen LogP contribution in [0, 0.1) is 29.6 Å². The Morgan fingerprint density at radius 1 is 1.17 bits per heavy atom. The van der Waals surface area contributed by atoms with Crippen molar-refractivity contribution in [1.29, 1.82) is 0 Å². The fourth-order valence-electron chi connectivity index (χ4n) is 4.24. The van der Waals surface area contributed by atoms with Crippen molar-refractivity contribution in [2.45, 2.75) is 58.3 Å². The third-order valence-electron chi connectivity index (χ3n) is 5.66. The van der Waals surface area contributed by atoms with Gasteiger partial charge in [0.25, 0.3) is 0 Å². The predicted molar refractivity (Wildman–Crippen MR) is 78.3 cm³/mol. The summed E-state index contributed by atoms with van der Waals surface area (Å²) in [5.41, 5.74) is 1.79. The molecule has 4 atom stereocenters. The van der Waals surface area contributed by atoms with Gasteiger partial charge in [-0.3, -0.25) is 0 Å². The maximum Gasteiger partial charge on any atom is -0.0169 e. The molecule has 0 aromatic heterocycles. The molecule has 0 saturated heterocycles. The van der Waals surface area contributed by atoms with Gasteiger partial charge in [0.15, 0.2) is 0 Å². The Morgan fingerprint density at radius 3 is 2.56 bits per heavy atom. The van der Waals surface area contributed by atoms with E-state index in [0.29, 0.717) is 0 Å². The van der Waals surface area contributed by atoms with Gasteiger partial charge in [0.05, 0.1) is 0 Å². The fraction of sp³-hybridized carbons (Fsp3) is 0.778. The standard InChI is InChI=1S/C18H28/c1-3-14(10-9-13-7-5-6-8-13)17-12-18(17)16-11-15(16)4-2/h4,10,13,15-18H,2-3,5-9,11-12H2,1H3/b14-10-. The lowest BCUT2D eigenvalue weighted by molar-refractivity contribution is 0.552. The summed E-state index contributed by atoms with van der Waals surface area (Å²) >= 11 is 0. The lowest BCUT2D eigenvalue weighted by atomic mass is 9.98. The second kappa shape index (κ2) is 5.23. The van der Waals surface area contributed by atoms with E-state index in [4.69, 9.17) is 0 Å². The van der Waals surface area contributed by atoms with Crippen molar-refractivity contribution in [2.24, 2.45) is 29.6 Å². The topological polar surface area (TPSA) is 0 Å². The molecule has 3 aliphatic rings. The molecule has 0 spiro atoms. The minimum absolute atomic E-state index is 0.868. The summed E-state index contributed by atoms with van der Waals surface area (Å²) in [6.07, 6.45) is 16.3. The molecule has 100 valence electrons. The van der Waals surface area contributed by atoms with Crippen LogP contribution in [0.15, 0.2) is 24.3 Å². The summed E-state index contributed by atoms with van der Waals surface area (Å²) in [5, 5.41) is 0. The first-order chi connectivity index (χ1) is 8.83. The summed E-state index contributed by atoms with van der Waals surface area (Å²) in [4.78, 5) is 0. The van der Waals surface area contributed by atoms with Crippen LogP contribution in [0.3, 0.4) is 0 Å². The van der Waals surface area contributed by atoms with Gasteiger partial charge in [-0.1, -0.05) is 50.3 Å². The quantitative estimate of drug-likeness (QED) is 0.552. The fourth-order valence-corrected chi connectivity index (χ4v) is 4.24. The summed E-state index contributed by atoms with van der Waals surface area (Å²) < 4.78 is 0. The molecule has 3 aliphatic carbocycles. The second-order valence-electron chi connectivity index (χ2n) is 6.82. The molecule has 0 aliphatic heterocycles. The van der Waals surface area contributed by atoms with Gasteiger partial charge in [-0.2, -0.15) is 0 Å². The van der Waals surface area contributed by atoms with Crippen molar-refractivity contribution in [3.8, 4) is 0 Å². The molecule has 0 bridgehead atoms. The highest BCUT2D eigenvalue weighted by atomic mass is 14.6. The molecule has 4 unspecified atom stereocenters. The second-order valence-corrected chi connectivity index (χ2v) is 6.82. The first kappa shape index (κ1) is 12.5. The van der Waals surface area contributed by atoms with Gasteiger partial charge >= 0.3 is 0 Å². The summed E-state index contributed by atoms with van der Waals surface area (Å²) in [6, 6.07) is 0. The van der Waals surface area contributed by atoms with Crippen LogP contribution in [0.5, 0.6) is 0 Å². The van der Waals surface area contributed by atoms with Crippen LogP contribution >= 0.6 is 0 Å². The highest BCUT2D eigenvalue weighted by Crippen LogP contribution is 2.60. The van der Waals surface area contributed by atoms with E-state index in [1.165, 1.54) is 51.4 Å². The third kappa shape index (κ3) is 2.58. The Morgan fingerprint density at radius 2 is 1.94 bits per heavy atom. The molecule has 3 rings (SSSR count). The zero-order chi connectivity index (χ0) is 12.5. The van der Waals surface area contributed by atoms with E-state index in [0.717, 1.165) is 29.6 Å². The van der Waals surface area contributed by atoms with E-state index >= 15 is 0 Å². The smallest absolute Gasteiger partial charge is 0.0169 e. The van der Waals surface area contributed by atoms with Crippen LogP contribution in [-0.4, -0.2) is 0 Å². The Kier molecular flexibility index (Phi) is 3.63. The number of rotatable bonds is 6. The van der Waals surface area contributed by atoms with E-state index in [2.05, 4.69) is 25.7 Å². The molecular weight excluding hydrogens is 216 g/mol. The van der Waals surface area contributed by atoms with Gasteiger partial charge in [0, 0.05) is 0 Å². The predicted octanol–water partition coefficient (Wildman–Crippen LogP) is 5.36. The van der Waals surface area contributed by atoms with Gasteiger partial charge in [0.2, 0.25) is 0 Å². The van der Waals surface area contributed by atoms with Crippen LogP contribution in [-0.2, 0) is 0 Å². The molecular formula is C18H28. The SMILES string of the molecule is C=CC1CC1C1CC1/C(=C\CC1CCCC1)CC. The normalized spacial score (nSPS) is 39.9. The Balaban J connectivity index is 1.50. The van der Waals surface area contributed by atoms with E-state index in [1.807, 2.05) is 0 Å². The van der Waals surface area contributed by atoms with Crippen molar-refractivity contribution >= 4 is 0 Å². The van der Waals surface area contributed by atoms with E-state index in [-0.39, 0.29) is 0 Å². The summed E-state index contributed by atoms with van der Waals surface area (Å²) in [6.45, 7) is 6.30. The highest BCUT2D eigenvalue weighted by Gasteiger charge is 2.52. The molecule has 0 aromatic carbocycles. The molecule has 0 amide bonds. The lowest BCUT2D eigenvalue weighted by Gasteiger charge is -2.08. The van der Waals surface area contributed by atoms with Crippen molar-refractivity contribution in [1.82, 2.24) is 0 Å². The van der Waals surface area contributed by atoms with Crippen molar-refractivity contribution in [3.05, 3.63) is 24.3 Å². The van der Waals surface area contributed by atoms with Gasteiger partial charge in [-0.25, -0.2) is 0 Å². The van der Waals surface area contributed by atoms with Crippen LogP contribution in [0.2, 0.25) is 0 Å². The van der Waals surface area contributed by atoms with Gasteiger partial charge in [0.1, 0.15) is 0 Å². The number of hydrogen-bond acceptors (Lipinski definition) is 0. The molecule has 0 radical (unpaired) electrons. The highest BCUT2D eigenvalue weighted by molar-refractivity contribution is 5.20. The first-order valence-electron chi connectivity index (χ1n) is 8.15.